The van der Waals surface area contributed by atoms with Gasteiger partial charge in [-0.05, 0) is 19.0 Å². The fourth-order valence-electron chi connectivity index (χ4n) is 2.24. The highest BCUT2D eigenvalue weighted by Gasteiger charge is 2.19. The molecule has 1 aliphatic rings. The van der Waals surface area contributed by atoms with E-state index < -0.39 is 0 Å². The molecule has 5 nitrogen and oxygen atoms in total. The molecule has 1 aromatic heterocycles. The third-order valence-electron chi connectivity index (χ3n) is 3.31. The van der Waals surface area contributed by atoms with Gasteiger partial charge in [-0.2, -0.15) is 0 Å². The van der Waals surface area contributed by atoms with Gasteiger partial charge in [0.05, 0.1) is 5.56 Å². The van der Waals surface area contributed by atoms with Crippen LogP contribution < -0.4 is 5.56 Å². The van der Waals surface area contributed by atoms with E-state index >= 15 is 0 Å². The smallest absolute Gasteiger partial charge is 0.255 e. The van der Waals surface area contributed by atoms with Gasteiger partial charge in [0.2, 0.25) is 5.56 Å². The molecule has 0 atom stereocenters. The van der Waals surface area contributed by atoms with Gasteiger partial charge in [0.1, 0.15) is 0 Å². The van der Waals surface area contributed by atoms with Crippen LogP contribution in [0, 0.1) is 0 Å². The molecular formula is C13H18ClN3O2. The first-order chi connectivity index (χ1) is 9.20. The van der Waals surface area contributed by atoms with E-state index in [1.54, 1.807) is 6.07 Å². The van der Waals surface area contributed by atoms with Crippen molar-refractivity contribution in [1.29, 1.82) is 0 Å². The van der Waals surface area contributed by atoms with Gasteiger partial charge in [0, 0.05) is 44.3 Å². The maximum absolute atomic E-state index is 12.3. The molecule has 1 amide bonds. The molecular weight excluding hydrogens is 266 g/mol. The van der Waals surface area contributed by atoms with Crippen molar-refractivity contribution in [1.82, 2.24) is 14.8 Å². The quantitative estimate of drug-likeness (QED) is 0.834. The van der Waals surface area contributed by atoms with E-state index in [2.05, 4.69) is 9.88 Å². The van der Waals surface area contributed by atoms with Crippen LogP contribution >= 0.6 is 11.6 Å². The zero-order valence-corrected chi connectivity index (χ0v) is 11.5. The molecule has 19 heavy (non-hydrogen) atoms. The van der Waals surface area contributed by atoms with Gasteiger partial charge in [-0.3, -0.25) is 9.59 Å². The summed E-state index contributed by atoms with van der Waals surface area (Å²) in [6, 6.07) is 2.95. The third-order valence-corrected chi connectivity index (χ3v) is 3.48. The second kappa shape index (κ2) is 6.73. The van der Waals surface area contributed by atoms with Crippen LogP contribution in [0.2, 0.25) is 0 Å². The summed E-state index contributed by atoms with van der Waals surface area (Å²) in [6.07, 6.45) is 2.43. The van der Waals surface area contributed by atoms with Crippen LogP contribution in [-0.2, 0) is 0 Å². The van der Waals surface area contributed by atoms with Crippen LogP contribution in [0.25, 0.3) is 0 Å². The minimum absolute atomic E-state index is 0.0241. The van der Waals surface area contributed by atoms with Gasteiger partial charge >= 0.3 is 0 Å². The van der Waals surface area contributed by atoms with E-state index in [1.165, 1.54) is 12.3 Å². The van der Waals surface area contributed by atoms with Gasteiger partial charge in [-0.25, -0.2) is 0 Å². The van der Waals surface area contributed by atoms with Crippen molar-refractivity contribution in [3.63, 3.8) is 0 Å². The van der Waals surface area contributed by atoms with Crippen LogP contribution in [0.1, 0.15) is 16.8 Å². The molecule has 2 heterocycles. The number of H-pyrrole nitrogens is 1. The summed E-state index contributed by atoms with van der Waals surface area (Å²) in [7, 11) is 0. The Morgan fingerprint density at radius 3 is 2.79 bits per heavy atom. The number of pyridine rings is 1. The summed E-state index contributed by atoms with van der Waals surface area (Å²) >= 11 is 5.74. The topological polar surface area (TPSA) is 56.4 Å². The van der Waals surface area contributed by atoms with Crippen LogP contribution in [0.15, 0.2) is 23.1 Å². The molecule has 0 aliphatic carbocycles. The summed E-state index contributed by atoms with van der Waals surface area (Å²) in [5, 5.41) is 0. The molecule has 0 unspecified atom stereocenters. The van der Waals surface area contributed by atoms with Crippen LogP contribution in [0.5, 0.6) is 0 Å². The number of nitrogens with zero attached hydrogens (tertiary/aromatic N) is 2. The van der Waals surface area contributed by atoms with Crippen molar-refractivity contribution in [3.05, 3.63) is 34.2 Å². The number of carbonyl (C=O) groups is 1. The lowest BCUT2D eigenvalue weighted by Crippen LogP contribution is -2.35. The summed E-state index contributed by atoms with van der Waals surface area (Å²) < 4.78 is 0. The van der Waals surface area contributed by atoms with E-state index in [-0.39, 0.29) is 11.5 Å². The van der Waals surface area contributed by atoms with E-state index in [0.717, 1.165) is 32.6 Å². The Bertz CT molecular complexity index is 469. The molecule has 1 N–H and O–H groups in total. The normalized spacial score (nSPS) is 17.2. The second-order valence-corrected chi connectivity index (χ2v) is 5.00. The molecule has 1 aliphatic heterocycles. The van der Waals surface area contributed by atoms with Gasteiger partial charge < -0.3 is 14.8 Å². The molecule has 1 aromatic rings. The number of halogens is 1. The van der Waals surface area contributed by atoms with Crippen molar-refractivity contribution in [2.24, 2.45) is 0 Å². The van der Waals surface area contributed by atoms with Crippen molar-refractivity contribution in [2.45, 2.75) is 6.42 Å². The molecule has 0 saturated carbocycles. The lowest BCUT2D eigenvalue weighted by atomic mass is 10.2. The van der Waals surface area contributed by atoms with E-state index in [4.69, 9.17) is 11.6 Å². The Labute approximate surface area is 117 Å². The average Bonchev–Trinajstić information content (AvgIpc) is 2.65. The van der Waals surface area contributed by atoms with Gasteiger partial charge in [0.25, 0.3) is 5.91 Å². The summed E-state index contributed by atoms with van der Waals surface area (Å²) in [5.74, 6) is 0.595. The predicted octanol–water partition coefficient (Wildman–Crippen LogP) is 0.762. The minimum atomic E-state index is -0.194. The highest BCUT2D eigenvalue weighted by molar-refractivity contribution is 6.18. The summed E-state index contributed by atoms with van der Waals surface area (Å²) in [4.78, 5) is 29.9. The summed E-state index contributed by atoms with van der Waals surface area (Å²) in [6.45, 7) is 4.14. The number of carbonyl (C=O) groups excluding carboxylic acids is 1. The molecule has 0 aromatic carbocycles. The molecule has 104 valence electrons. The highest BCUT2D eigenvalue weighted by atomic mass is 35.5. The van der Waals surface area contributed by atoms with E-state index in [9.17, 15) is 9.59 Å². The number of aromatic nitrogens is 1. The molecule has 6 heteroatoms. The molecule has 2 rings (SSSR count). The van der Waals surface area contributed by atoms with Gasteiger partial charge in [-0.1, -0.05) is 0 Å². The Morgan fingerprint density at radius 2 is 2.11 bits per heavy atom. The first-order valence-corrected chi connectivity index (χ1v) is 7.00. The number of aromatic amines is 1. The van der Waals surface area contributed by atoms with Gasteiger partial charge in [-0.15, -0.1) is 11.6 Å². The number of hydrogen-bond donors (Lipinski definition) is 1. The number of amides is 1. The van der Waals surface area contributed by atoms with Crippen molar-refractivity contribution in [2.75, 3.05) is 38.6 Å². The monoisotopic (exact) mass is 283 g/mol. The Kier molecular flexibility index (Phi) is 4.99. The van der Waals surface area contributed by atoms with Gasteiger partial charge in [0.15, 0.2) is 0 Å². The van der Waals surface area contributed by atoms with Crippen molar-refractivity contribution in [3.8, 4) is 0 Å². The number of hydrogen-bond acceptors (Lipinski definition) is 3. The molecule has 0 bridgehead atoms. The van der Waals surface area contributed by atoms with Crippen LogP contribution in [0.3, 0.4) is 0 Å². The number of nitrogens with one attached hydrogen (secondary N) is 1. The van der Waals surface area contributed by atoms with Crippen LogP contribution in [0.4, 0.5) is 0 Å². The maximum Gasteiger partial charge on any atom is 0.255 e. The first-order valence-electron chi connectivity index (χ1n) is 6.47. The number of alkyl halides is 1. The molecule has 0 spiro atoms. The number of rotatable bonds is 3. The average molecular weight is 284 g/mol. The Hall–Kier alpha value is -1.33. The largest absolute Gasteiger partial charge is 0.337 e. The molecule has 0 radical (unpaired) electrons. The van der Waals surface area contributed by atoms with E-state index in [1.807, 2.05) is 4.90 Å². The maximum atomic E-state index is 12.3. The zero-order valence-electron chi connectivity index (χ0n) is 10.8. The van der Waals surface area contributed by atoms with Crippen molar-refractivity contribution < 1.29 is 4.79 Å². The van der Waals surface area contributed by atoms with Crippen molar-refractivity contribution >= 4 is 17.5 Å². The summed E-state index contributed by atoms with van der Waals surface area (Å²) in [5.41, 5.74) is 0.339. The predicted molar refractivity (Wildman–Crippen MR) is 74.7 cm³/mol. The fourth-order valence-corrected chi connectivity index (χ4v) is 2.48. The lowest BCUT2D eigenvalue weighted by molar-refractivity contribution is 0.0761. The fraction of sp³-hybridized carbons (Fsp3) is 0.538. The first kappa shape index (κ1) is 14.1. The molecule has 1 saturated heterocycles. The van der Waals surface area contributed by atoms with Crippen LogP contribution in [-0.4, -0.2) is 59.3 Å². The zero-order chi connectivity index (χ0) is 13.7. The standard InChI is InChI=1S/C13H18ClN3O2/c14-4-7-16-5-1-6-17(9-8-16)13(19)11-2-3-12(18)15-10-11/h2-3,10H,1,4-9H2,(H,15,18). The van der Waals surface area contributed by atoms with E-state index in [0.29, 0.717) is 18.0 Å². The Morgan fingerprint density at radius 1 is 1.26 bits per heavy atom. The SMILES string of the molecule is O=C(c1ccc(=O)[nH]c1)N1CCCN(CCCl)CC1. The third kappa shape index (κ3) is 3.81. The molecule has 1 fully saturated rings. The minimum Gasteiger partial charge on any atom is -0.337 e. The lowest BCUT2D eigenvalue weighted by Gasteiger charge is -2.21. The highest BCUT2D eigenvalue weighted by Crippen LogP contribution is 2.08. The Balaban J connectivity index is 1.99. The second-order valence-electron chi connectivity index (χ2n) is 4.62.